The monoisotopic (exact) mass is 347 g/mol. The van der Waals surface area contributed by atoms with E-state index in [1.165, 1.54) is 23.8 Å². The highest BCUT2D eigenvalue weighted by atomic mass is 19.1. The maximum absolute atomic E-state index is 13.2. The van der Waals surface area contributed by atoms with Crippen LogP contribution in [0.5, 0.6) is 0 Å². The Morgan fingerprint density at radius 1 is 0.962 bits per heavy atom. The first kappa shape index (κ1) is 16.0. The van der Waals surface area contributed by atoms with Crippen LogP contribution in [-0.4, -0.2) is 27.7 Å². The lowest BCUT2D eigenvalue weighted by Gasteiger charge is -2.06. The summed E-state index contributed by atoms with van der Waals surface area (Å²) in [7, 11) is 1.32. The van der Waals surface area contributed by atoms with Crippen LogP contribution in [-0.2, 0) is 4.74 Å². The zero-order valence-electron chi connectivity index (χ0n) is 13.9. The second-order valence-electron chi connectivity index (χ2n) is 5.69. The molecule has 0 unspecified atom stereocenters. The number of benzene rings is 2. The first-order valence-corrected chi connectivity index (χ1v) is 7.96. The summed E-state index contributed by atoms with van der Waals surface area (Å²) in [6, 6.07) is 18.9. The Morgan fingerprint density at radius 2 is 1.65 bits per heavy atom. The molecule has 0 radical (unpaired) electrons. The summed E-state index contributed by atoms with van der Waals surface area (Å²) in [5, 5.41) is 4.45. The summed E-state index contributed by atoms with van der Waals surface area (Å²) in [6.07, 6.45) is 0. The number of methoxy groups -OCH3 is 1. The van der Waals surface area contributed by atoms with Crippen molar-refractivity contribution in [2.75, 3.05) is 7.11 Å². The van der Waals surface area contributed by atoms with Gasteiger partial charge in [-0.1, -0.05) is 30.3 Å². The molecule has 0 N–H and O–H groups in total. The largest absolute Gasteiger partial charge is 0.464 e. The van der Waals surface area contributed by atoms with Crippen molar-refractivity contribution in [1.82, 2.24) is 14.6 Å². The fourth-order valence-electron chi connectivity index (χ4n) is 2.74. The molecule has 0 spiro atoms. The Balaban J connectivity index is 1.92. The standard InChI is InChI=1S/C20H14FN3O2/c1-26-20(25)18-11-16(13-5-3-2-4-6-13)22-19-12-17(23-24(18)19)14-7-9-15(21)10-8-14/h2-12H,1H3. The van der Waals surface area contributed by atoms with E-state index in [2.05, 4.69) is 10.1 Å². The molecular weight excluding hydrogens is 333 g/mol. The Morgan fingerprint density at radius 3 is 2.35 bits per heavy atom. The maximum atomic E-state index is 13.2. The van der Waals surface area contributed by atoms with Crippen molar-refractivity contribution in [2.24, 2.45) is 0 Å². The molecule has 2 heterocycles. The van der Waals surface area contributed by atoms with Gasteiger partial charge in [0.25, 0.3) is 0 Å². The number of esters is 1. The number of hydrogen-bond acceptors (Lipinski definition) is 4. The number of aromatic nitrogens is 3. The van der Waals surface area contributed by atoms with Gasteiger partial charge in [-0.25, -0.2) is 18.7 Å². The molecule has 0 atom stereocenters. The highest BCUT2D eigenvalue weighted by Crippen LogP contribution is 2.24. The van der Waals surface area contributed by atoms with Gasteiger partial charge >= 0.3 is 5.97 Å². The summed E-state index contributed by atoms with van der Waals surface area (Å²) in [5.41, 5.74) is 3.62. The number of fused-ring (bicyclic) bond motifs is 1. The Labute approximate surface area is 148 Å². The van der Waals surface area contributed by atoms with E-state index in [9.17, 15) is 9.18 Å². The van der Waals surface area contributed by atoms with Gasteiger partial charge in [0.05, 0.1) is 18.5 Å². The number of hydrogen-bond donors (Lipinski definition) is 0. The molecule has 26 heavy (non-hydrogen) atoms. The smallest absolute Gasteiger partial charge is 0.356 e. The summed E-state index contributed by atoms with van der Waals surface area (Å²) in [5.74, 6) is -0.833. The molecular formula is C20H14FN3O2. The molecule has 2 aromatic heterocycles. The van der Waals surface area contributed by atoms with Gasteiger partial charge < -0.3 is 4.74 Å². The molecule has 4 rings (SSSR count). The summed E-state index contributed by atoms with van der Waals surface area (Å²) in [4.78, 5) is 16.8. The average Bonchev–Trinajstić information content (AvgIpc) is 3.12. The SMILES string of the molecule is COC(=O)c1cc(-c2ccccc2)nc2cc(-c3ccc(F)cc3)nn12. The Kier molecular flexibility index (Phi) is 3.93. The number of carbonyl (C=O) groups excluding carboxylic acids is 1. The zero-order valence-corrected chi connectivity index (χ0v) is 13.9. The predicted octanol–water partition coefficient (Wildman–Crippen LogP) is 3.99. The third-order valence-electron chi connectivity index (χ3n) is 4.03. The number of nitrogens with zero attached hydrogens (tertiary/aromatic N) is 3. The quantitative estimate of drug-likeness (QED) is 0.526. The van der Waals surface area contributed by atoms with Crippen LogP contribution in [0.3, 0.4) is 0 Å². The molecule has 6 heteroatoms. The molecule has 0 amide bonds. The van der Waals surface area contributed by atoms with E-state index in [0.29, 0.717) is 17.0 Å². The lowest BCUT2D eigenvalue weighted by atomic mass is 10.1. The molecule has 0 bridgehead atoms. The van der Waals surface area contributed by atoms with Crippen LogP contribution in [0, 0.1) is 5.82 Å². The second kappa shape index (κ2) is 6.40. The third kappa shape index (κ3) is 2.82. The van der Waals surface area contributed by atoms with Crippen LogP contribution in [0.2, 0.25) is 0 Å². The van der Waals surface area contributed by atoms with E-state index >= 15 is 0 Å². The topological polar surface area (TPSA) is 56.5 Å². The van der Waals surface area contributed by atoms with Crippen LogP contribution in [0.25, 0.3) is 28.2 Å². The normalized spacial score (nSPS) is 10.8. The van der Waals surface area contributed by atoms with Crippen molar-refractivity contribution in [3.8, 4) is 22.5 Å². The first-order chi connectivity index (χ1) is 12.7. The van der Waals surface area contributed by atoms with E-state index in [0.717, 1.165) is 11.1 Å². The van der Waals surface area contributed by atoms with Crippen molar-refractivity contribution in [3.63, 3.8) is 0 Å². The van der Waals surface area contributed by atoms with Crippen molar-refractivity contribution < 1.29 is 13.9 Å². The van der Waals surface area contributed by atoms with Gasteiger partial charge in [-0.05, 0) is 30.3 Å². The molecule has 128 valence electrons. The van der Waals surface area contributed by atoms with Gasteiger partial charge in [0.15, 0.2) is 11.3 Å². The molecule has 0 aliphatic heterocycles. The van der Waals surface area contributed by atoms with Crippen molar-refractivity contribution in [1.29, 1.82) is 0 Å². The summed E-state index contributed by atoms with van der Waals surface area (Å²) in [6.45, 7) is 0. The third-order valence-corrected chi connectivity index (χ3v) is 4.03. The molecule has 0 aliphatic carbocycles. The highest BCUT2D eigenvalue weighted by molar-refractivity contribution is 5.90. The van der Waals surface area contributed by atoms with Gasteiger partial charge in [0, 0.05) is 17.2 Å². The molecule has 4 aromatic rings. The fraction of sp³-hybridized carbons (Fsp3) is 0.0500. The van der Waals surface area contributed by atoms with Gasteiger partial charge in [-0.3, -0.25) is 0 Å². The van der Waals surface area contributed by atoms with Crippen LogP contribution in [0.4, 0.5) is 4.39 Å². The molecule has 5 nitrogen and oxygen atoms in total. The van der Waals surface area contributed by atoms with E-state index in [-0.39, 0.29) is 11.5 Å². The van der Waals surface area contributed by atoms with Gasteiger partial charge in [-0.15, -0.1) is 0 Å². The van der Waals surface area contributed by atoms with Crippen molar-refractivity contribution >= 4 is 11.6 Å². The molecule has 0 saturated carbocycles. The minimum absolute atomic E-state index is 0.268. The Bertz CT molecular complexity index is 1090. The second-order valence-corrected chi connectivity index (χ2v) is 5.69. The van der Waals surface area contributed by atoms with Crippen LogP contribution in [0.15, 0.2) is 66.7 Å². The van der Waals surface area contributed by atoms with Crippen molar-refractivity contribution in [3.05, 3.63) is 78.2 Å². The lowest BCUT2D eigenvalue weighted by molar-refractivity contribution is 0.0590. The predicted molar refractivity (Wildman–Crippen MR) is 95.2 cm³/mol. The summed E-state index contributed by atoms with van der Waals surface area (Å²) >= 11 is 0. The molecule has 0 aliphatic rings. The molecule has 0 saturated heterocycles. The van der Waals surface area contributed by atoms with Crippen LogP contribution >= 0.6 is 0 Å². The first-order valence-electron chi connectivity index (χ1n) is 7.96. The average molecular weight is 347 g/mol. The lowest BCUT2D eigenvalue weighted by Crippen LogP contribution is -2.10. The minimum Gasteiger partial charge on any atom is -0.464 e. The van der Waals surface area contributed by atoms with Crippen LogP contribution < -0.4 is 0 Å². The number of ether oxygens (including phenoxy) is 1. The summed E-state index contributed by atoms with van der Waals surface area (Å²) < 4.78 is 19.5. The molecule has 0 fully saturated rings. The fourth-order valence-corrected chi connectivity index (χ4v) is 2.74. The van der Waals surface area contributed by atoms with E-state index in [1.54, 1.807) is 24.3 Å². The van der Waals surface area contributed by atoms with E-state index in [1.807, 2.05) is 30.3 Å². The molecule has 2 aromatic carbocycles. The van der Waals surface area contributed by atoms with E-state index in [4.69, 9.17) is 4.74 Å². The minimum atomic E-state index is -0.511. The zero-order chi connectivity index (χ0) is 18.1. The highest BCUT2D eigenvalue weighted by Gasteiger charge is 2.17. The Hall–Kier alpha value is -3.54. The van der Waals surface area contributed by atoms with Crippen LogP contribution in [0.1, 0.15) is 10.5 Å². The van der Waals surface area contributed by atoms with Gasteiger partial charge in [0.1, 0.15) is 5.82 Å². The number of halogens is 1. The van der Waals surface area contributed by atoms with Gasteiger partial charge in [0.2, 0.25) is 0 Å². The van der Waals surface area contributed by atoms with Crippen molar-refractivity contribution in [2.45, 2.75) is 0 Å². The maximum Gasteiger partial charge on any atom is 0.356 e. The number of rotatable bonds is 3. The van der Waals surface area contributed by atoms with Gasteiger partial charge in [-0.2, -0.15) is 5.10 Å². The number of carbonyl (C=O) groups is 1. The van der Waals surface area contributed by atoms with E-state index < -0.39 is 5.97 Å².